The molecule has 0 amide bonds. The van der Waals surface area contributed by atoms with Gasteiger partial charge in [-0.3, -0.25) is 0 Å². The van der Waals surface area contributed by atoms with Crippen molar-refractivity contribution in [3.63, 3.8) is 0 Å². The second-order valence-corrected chi connectivity index (χ2v) is 6.40. The standard InChI is InChI=1S/C18H23NO3/c1-19(2)12-14-8-4-6-10-16(14)22-18(20)17-11-13-7-3-5-9-15(13)21-17/h3,5,7,9,11,14,16H,4,6,8,10,12H2,1-2H3/t14-,16+/m0/s1. The van der Waals surface area contributed by atoms with Crippen molar-refractivity contribution in [1.82, 2.24) is 4.90 Å². The number of carbonyl (C=O) groups excluding carboxylic acids is 1. The van der Waals surface area contributed by atoms with Crippen molar-refractivity contribution >= 4 is 16.9 Å². The second kappa shape index (κ2) is 6.53. The predicted molar refractivity (Wildman–Crippen MR) is 85.9 cm³/mol. The van der Waals surface area contributed by atoms with Crippen LogP contribution >= 0.6 is 0 Å². The third-order valence-corrected chi connectivity index (χ3v) is 4.32. The van der Waals surface area contributed by atoms with Gasteiger partial charge in [0.15, 0.2) is 0 Å². The molecular weight excluding hydrogens is 278 g/mol. The van der Waals surface area contributed by atoms with Gasteiger partial charge in [0.05, 0.1) is 0 Å². The summed E-state index contributed by atoms with van der Waals surface area (Å²) in [5, 5.41) is 0.933. The number of hydrogen-bond acceptors (Lipinski definition) is 4. The Kier molecular flexibility index (Phi) is 4.48. The van der Waals surface area contributed by atoms with Crippen molar-refractivity contribution in [3.05, 3.63) is 36.1 Å². The highest BCUT2D eigenvalue weighted by atomic mass is 16.6. The first-order chi connectivity index (χ1) is 10.6. The lowest BCUT2D eigenvalue weighted by Crippen LogP contribution is -2.36. The highest BCUT2D eigenvalue weighted by Crippen LogP contribution is 2.29. The number of rotatable bonds is 4. The molecule has 4 nitrogen and oxygen atoms in total. The summed E-state index contributed by atoms with van der Waals surface area (Å²) < 4.78 is 11.4. The molecular formula is C18H23NO3. The van der Waals surface area contributed by atoms with Crippen molar-refractivity contribution in [1.29, 1.82) is 0 Å². The van der Waals surface area contributed by atoms with E-state index in [9.17, 15) is 4.79 Å². The maximum atomic E-state index is 12.4. The average Bonchev–Trinajstić information content (AvgIpc) is 2.93. The molecule has 0 radical (unpaired) electrons. The monoisotopic (exact) mass is 301 g/mol. The molecule has 1 fully saturated rings. The molecule has 3 rings (SSSR count). The lowest BCUT2D eigenvalue weighted by molar-refractivity contribution is -0.00587. The van der Waals surface area contributed by atoms with Gasteiger partial charge in [-0.1, -0.05) is 24.6 Å². The van der Waals surface area contributed by atoms with Crippen LogP contribution in [0.25, 0.3) is 11.0 Å². The van der Waals surface area contributed by atoms with E-state index in [4.69, 9.17) is 9.15 Å². The largest absolute Gasteiger partial charge is 0.456 e. The van der Waals surface area contributed by atoms with Gasteiger partial charge in [-0.2, -0.15) is 0 Å². The Morgan fingerprint density at radius 3 is 2.82 bits per heavy atom. The zero-order valence-electron chi connectivity index (χ0n) is 13.2. The van der Waals surface area contributed by atoms with Crippen molar-refractivity contribution in [2.45, 2.75) is 31.8 Å². The van der Waals surface area contributed by atoms with Gasteiger partial charge in [-0.25, -0.2) is 4.79 Å². The molecule has 0 aliphatic heterocycles. The molecule has 1 aromatic heterocycles. The van der Waals surface area contributed by atoms with Crippen LogP contribution in [0.5, 0.6) is 0 Å². The third-order valence-electron chi connectivity index (χ3n) is 4.32. The predicted octanol–water partition coefficient (Wildman–Crippen LogP) is 3.71. The molecule has 0 unspecified atom stereocenters. The van der Waals surface area contributed by atoms with Gasteiger partial charge >= 0.3 is 5.97 Å². The summed E-state index contributed by atoms with van der Waals surface area (Å²) in [6.45, 7) is 0.956. The van der Waals surface area contributed by atoms with E-state index in [0.717, 1.165) is 36.8 Å². The zero-order valence-corrected chi connectivity index (χ0v) is 13.2. The minimum Gasteiger partial charge on any atom is -0.456 e. The van der Waals surface area contributed by atoms with Crippen LogP contribution in [0.4, 0.5) is 0 Å². The van der Waals surface area contributed by atoms with Gasteiger partial charge in [-0.15, -0.1) is 0 Å². The van der Waals surface area contributed by atoms with Gasteiger partial charge in [-0.05, 0) is 45.5 Å². The number of ether oxygens (including phenoxy) is 1. The van der Waals surface area contributed by atoms with Crippen LogP contribution < -0.4 is 0 Å². The molecule has 0 N–H and O–H groups in total. The summed E-state index contributed by atoms with van der Waals surface area (Å²) in [7, 11) is 4.12. The summed E-state index contributed by atoms with van der Waals surface area (Å²) in [5.41, 5.74) is 0.725. The van der Waals surface area contributed by atoms with Crippen LogP contribution in [0.1, 0.15) is 36.2 Å². The van der Waals surface area contributed by atoms with Crippen molar-refractivity contribution in [3.8, 4) is 0 Å². The molecule has 1 heterocycles. The van der Waals surface area contributed by atoms with Gasteiger partial charge in [0.25, 0.3) is 0 Å². The minimum atomic E-state index is -0.341. The molecule has 0 saturated heterocycles. The first-order valence-electron chi connectivity index (χ1n) is 7.98. The number of carbonyl (C=O) groups is 1. The summed E-state index contributed by atoms with van der Waals surface area (Å²) in [6, 6.07) is 9.39. The van der Waals surface area contributed by atoms with E-state index in [1.165, 1.54) is 6.42 Å². The quantitative estimate of drug-likeness (QED) is 0.807. The normalized spacial score (nSPS) is 22.1. The Morgan fingerprint density at radius 1 is 1.27 bits per heavy atom. The number of para-hydroxylation sites is 1. The Hall–Kier alpha value is -1.81. The van der Waals surface area contributed by atoms with Crippen LogP contribution in [0.3, 0.4) is 0 Å². The lowest BCUT2D eigenvalue weighted by atomic mass is 9.86. The van der Waals surface area contributed by atoms with Gasteiger partial charge in [0.1, 0.15) is 11.7 Å². The van der Waals surface area contributed by atoms with Gasteiger partial charge in [0, 0.05) is 17.8 Å². The highest BCUT2D eigenvalue weighted by Gasteiger charge is 2.29. The zero-order chi connectivity index (χ0) is 15.5. The summed E-state index contributed by atoms with van der Waals surface area (Å²) in [6.07, 6.45) is 4.41. The number of benzene rings is 1. The maximum absolute atomic E-state index is 12.4. The van der Waals surface area contributed by atoms with E-state index >= 15 is 0 Å². The number of fused-ring (bicyclic) bond motifs is 1. The second-order valence-electron chi connectivity index (χ2n) is 6.40. The lowest BCUT2D eigenvalue weighted by Gasteiger charge is -2.32. The van der Waals surface area contributed by atoms with Crippen molar-refractivity contribution < 1.29 is 13.9 Å². The average molecular weight is 301 g/mol. The number of hydrogen-bond donors (Lipinski definition) is 0. The van der Waals surface area contributed by atoms with Crippen LogP contribution in [0.15, 0.2) is 34.7 Å². The number of esters is 1. The molecule has 1 aromatic carbocycles. The van der Waals surface area contributed by atoms with Gasteiger partial charge < -0.3 is 14.1 Å². The maximum Gasteiger partial charge on any atom is 0.374 e. The van der Waals surface area contributed by atoms with E-state index in [0.29, 0.717) is 11.7 Å². The smallest absolute Gasteiger partial charge is 0.374 e. The highest BCUT2D eigenvalue weighted by molar-refractivity contribution is 5.92. The van der Waals surface area contributed by atoms with Crippen LogP contribution in [-0.4, -0.2) is 37.6 Å². The van der Waals surface area contributed by atoms with E-state index < -0.39 is 0 Å². The minimum absolute atomic E-state index is 0.00291. The SMILES string of the molecule is CN(C)C[C@@H]1CCCC[C@H]1OC(=O)c1cc2ccccc2o1. The fraction of sp³-hybridized carbons (Fsp3) is 0.500. The molecule has 1 aliphatic rings. The Balaban J connectivity index is 1.71. The molecule has 118 valence electrons. The molecule has 2 aromatic rings. The Labute approximate surface area is 131 Å². The van der Waals surface area contributed by atoms with E-state index in [2.05, 4.69) is 19.0 Å². The molecule has 1 saturated carbocycles. The van der Waals surface area contributed by atoms with E-state index in [1.807, 2.05) is 24.3 Å². The molecule has 1 aliphatic carbocycles. The number of furan rings is 1. The Morgan fingerprint density at radius 2 is 2.05 bits per heavy atom. The van der Waals surface area contributed by atoms with E-state index in [1.54, 1.807) is 6.07 Å². The fourth-order valence-corrected chi connectivity index (χ4v) is 3.28. The number of nitrogens with zero attached hydrogens (tertiary/aromatic N) is 1. The molecule has 0 spiro atoms. The molecule has 2 atom stereocenters. The topological polar surface area (TPSA) is 42.7 Å². The first-order valence-corrected chi connectivity index (χ1v) is 7.98. The fourth-order valence-electron chi connectivity index (χ4n) is 3.28. The van der Waals surface area contributed by atoms with Gasteiger partial charge in [0.2, 0.25) is 5.76 Å². The summed E-state index contributed by atoms with van der Waals surface area (Å²) in [4.78, 5) is 14.5. The molecule has 0 bridgehead atoms. The Bertz CT molecular complexity index is 614. The van der Waals surface area contributed by atoms with Crippen LogP contribution in [0, 0.1) is 5.92 Å². The molecule has 4 heteroatoms. The third kappa shape index (κ3) is 3.33. The van der Waals surface area contributed by atoms with Crippen LogP contribution in [0.2, 0.25) is 0 Å². The molecule has 22 heavy (non-hydrogen) atoms. The summed E-state index contributed by atoms with van der Waals surface area (Å²) in [5.74, 6) is 0.374. The summed E-state index contributed by atoms with van der Waals surface area (Å²) >= 11 is 0. The van der Waals surface area contributed by atoms with Crippen molar-refractivity contribution in [2.24, 2.45) is 5.92 Å². The van der Waals surface area contributed by atoms with Crippen LogP contribution in [-0.2, 0) is 4.74 Å². The van der Waals surface area contributed by atoms with E-state index in [-0.39, 0.29) is 12.1 Å². The van der Waals surface area contributed by atoms with Crippen molar-refractivity contribution in [2.75, 3.05) is 20.6 Å². The first kappa shape index (κ1) is 15.1.